The van der Waals surface area contributed by atoms with Gasteiger partial charge in [-0.05, 0) is 50.1 Å². The summed E-state index contributed by atoms with van der Waals surface area (Å²) in [5.74, 6) is 0.921. The summed E-state index contributed by atoms with van der Waals surface area (Å²) < 4.78 is 26.2. The first-order chi connectivity index (χ1) is 9.27. The second kappa shape index (κ2) is 7.76. The van der Waals surface area contributed by atoms with E-state index in [0.29, 0.717) is 30.8 Å². The van der Waals surface area contributed by atoms with Crippen molar-refractivity contribution in [2.45, 2.75) is 53.4 Å². The summed E-state index contributed by atoms with van der Waals surface area (Å²) in [6.07, 6.45) is 3.79. The number of hydrogen-bond acceptors (Lipinski definition) is 3. The predicted octanol–water partition coefficient (Wildman–Crippen LogP) is 2.46. The zero-order chi connectivity index (χ0) is 15.2. The van der Waals surface area contributed by atoms with Gasteiger partial charge in [0.1, 0.15) is 0 Å². The summed E-state index contributed by atoms with van der Waals surface area (Å²) in [5.41, 5.74) is 0.292. The molecule has 0 atom stereocenters. The van der Waals surface area contributed by atoms with Crippen molar-refractivity contribution >= 4 is 10.0 Å². The first kappa shape index (κ1) is 17.9. The summed E-state index contributed by atoms with van der Waals surface area (Å²) >= 11 is 0. The van der Waals surface area contributed by atoms with E-state index in [9.17, 15) is 8.42 Å². The monoisotopic (exact) mass is 304 g/mol. The zero-order valence-electron chi connectivity index (χ0n) is 13.6. The van der Waals surface area contributed by atoms with Gasteiger partial charge in [-0.3, -0.25) is 0 Å². The van der Waals surface area contributed by atoms with Crippen LogP contribution >= 0.6 is 0 Å². The Morgan fingerprint density at radius 2 is 1.75 bits per heavy atom. The van der Waals surface area contributed by atoms with Crippen molar-refractivity contribution in [3.8, 4) is 0 Å². The first-order valence-corrected chi connectivity index (χ1v) is 9.57. The van der Waals surface area contributed by atoms with Gasteiger partial charge in [0.15, 0.2) is 0 Å². The maximum absolute atomic E-state index is 12.3. The molecule has 20 heavy (non-hydrogen) atoms. The van der Waals surface area contributed by atoms with E-state index in [1.54, 1.807) is 4.31 Å². The Bertz CT molecular complexity index is 366. The molecule has 1 N–H and O–H groups in total. The van der Waals surface area contributed by atoms with E-state index in [4.69, 9.17) is 0 Å². The molecule has 5 heteroatoms. The average molecular weight is 305 g/mol. The number of nitrogens with zero attached hydrogens (tertiary/aromatic N) is 1. The van der Waals surface area contributed by atoms with E-state index in [2.05, 4.69) is 33.0 Å². The van der Waals surface area contributed by atoms with Crippen molar-refractivity contribution in [3.63, 3.8) is 0 Å². The van der Waals surface area contributed by atoms with Gasteiger partial charge in [-0.1, -0.05) is 27.7 Å². The molecule has 0 unspecified atom stereocenters. The van der Waals surface area contributed by atoms with Crippen LogP contribution in [0.2, 0.25) is 0 Å². The molecule has 1 fully saturated rings. The van der Waals surface area contributed by atoms with Gasteiger partial charge in [-0.15, -0.1) is 0 Å². The van der Waals surface area contributed by atoms with Crippen LogP contribution in [0.5, 0.6) is 0 Å². The van der Waals surface area contributed by atoms with Crippen LogP contribution in [0.3, 0.4) is 0 Å². The summed E-state index contributed by atoms with van der Waals surface area (Å²) in [5, 5.41) is 3.25. The van der Waals surface area contributed by atoms with E-state index >= 15 is 0 Å². The molecule has 0 aromatic rings. The summed E-state index contributed by atoms with van der Waals surface area (Å²) in [7, 11) is -3.05. The molecule has 0 saturated carbocycles. The molecule has 1 aliphatic rings. The van der Waals surface area contributed by atoms with Crippen molar-refractivity contribution in [3.05, 3.63) is 0 Å². The van der Waals surface area contributed by atoms with Crippen LogP contribution in [-0.2, 0) is 10.0 Å². The van der Waals surface area contributed by atoms with Gasteiger partial charge in [-0.2, -0.15) is 0 Å². The van der Waals surface area contributed by atoms with Gasteiger partial charge in [0.2, 0.25) is 10.0 Å². The molecule has 1 aliphatic heterocycles. The van der Waals surface area contributed by atoms with Gasteiger partial charge < -0.3 is 5.32 Å². The number of hydrogen-bond donors (Lipinski definition) is 1. The quantitative estimate of drug-likeness (QED) is 0.735. The van der Waals surface area contributed by atoms with Gasteiger partial charge >= 0.3 is 0 Å². The van der Waals surface area contributed by atoms with Gasteiger partial charge in [0, 0.05) is 13.1 Å². The largest absolute Gasteiger partial charge is 0.317 e. The lowest BCUT2D eigenvalue weighted by atomic mass is 9.76. The third-order valence-electron chi connectivity index (χ3n) is 4.25. The Kier molecular flexibility index (Phi) is 6.95. The Hall–Kier alpha value is -0.130. The molecule has 0 aliphatic carbocycles. The van der Waals surface area contributed by atoms with Crippen molar-refractivity contribution in [2.75, 3.05) is 31.9 Å². The van der Waals surface area contributed by atoms with Crippen molar-refractivity contribution in [2.24, 2.45) is 11.3 Å². The summed E-state index contributed by atoms with van der Waals surface area (Å²) in [6.45, 7) is 12.0. The van der Waals surface area contributed by atoms with E-state index in [1.165, 1.54) is 0 Å². The first-order valence-electron chi connectivity index (χ1n) is 7.96. The fourth-order valence-corrected chi connectivity index (χ4v) is 4.34. The van der Waals surface area contributed by atoms with E-state index in [-0.39, 0.29) is 5.75 Å². The molecule has 0 amide bonds. The minimum Gasteiger partial charge on any atom is -0.317 e. The third-order valence-corrected chi connectivity index (χ3v) is 6.21. The maximum Gasteiger partial charge on any atom is 0.214 e. The summed E-state index contributed by atoms with van der Waals surface area (Å²) in [6, 6.07) is 0. The molecular weight excluding hydrogens is 272 g/mol. The molecule has 120 valence electrons. The highest BCUT2D eigenvalue weighted by Gasteiger charge is 2.32. The van der Waals surface area contributed by atoms with Crippen LogP contribution in [0, 0.1) is 11.3 Å². The van der Waals surface area contributed by atoms with E-state index in [0.717, 1.165) is 32.4 Å². The fourth-order valence-electron chi connectivity index (χ4n) is 2.81. The van der Waals surface area contributed by atoms with Crippen LogP contribution in [-0.4, -0.2) is 44.7 Å². The zero-order valence-corrected chi connectivity index (χ0v) is 14.4. The highest BCUT2D eigenvalue weighted by atomic mass is 32.2. The van der Waals surface area contributed by atoms with Crippen molar-refractivity contribution in [1.82, 2.24) is 9.62 Å². The van der Waals surface area contributed by atoms with Crippen molar-refractivity contribution in [1.29, 1.82) is 0 Å². The van der Waals surface area contributed by atoms with Gasteiger partial charge in [0.05, 0.1) is 5.75 Å². The molecule has 1 saturated heterocycles. The number of rotatable bonds is 7. The smallest absolute Gasteiger partial charge is 0.214 e. The SMILES string of the molecule is CCCNCCCS(=O)(=O)N1CCC(C(C)(C)C)CC1. The predicted molar refractivity (Wildman–Crippen MR) is 85.3 cm³/mol. The molecule has 0 spiro atoms. The molecular formula is C15H32N2O2S. The lowest BCUT2D eigenvalue weighted by molar-refractivity contribution is 0.154. The second-order valence-electron chi connectivity index (χ2n) is 6.96. The van der Waals surface area contributed by atoms with Crippen molar-refractivity contribution < 1.29 is 8.42 Å². The number of sulfonamides is 1. The molecule has 1 rings (SSSR count). The van der Waals surface area contributed by atoms with E-state index < -0.39 is 10.0 Å². The van der Waals surface area contributed by atoms with Crippen LogP contribution in [0.4, 0.5) is 0 Å². The Balaban J connectivity index is 2.35. The average Bonchev–Trinajstić information content (AvgIpc) is 2.37. The molecule has 0 aromatic heterocycles. The molecule has 1 heterocycles. The Morgan fingerprint density at radius 3 is 2.25 bits per heavy atom. The minimum atomic E-state index is -3.05. The number of piperidine rings is 1. The van der Waals surface area contributed by atoms with Gasteiger partial charge in [0.25, 0.3) is 0 Å². The molecule has 0 bridgehead atoms. The lowest BCUT2D eigenvalue weighted by Gasteiger charge is -2.38. The summed E-state index contributed by atoms with van der Waals surface area (Å²) in [4.78, 5) is 0. The van der Waals surface area contributed by atoms with E-state index in [1.807, 2.05) is 0 Å². The topological polar surface area (TPSA) is 49.4 Å². The van der Waals surface area contributed by atoms with Gasteiger partial charge in [-0.25, -0.2) is 12.7 Å². The Morgan fingerprint density at radius 1 is 1.15 bits per heavy atom. The maximum atomic E-state index is 12.3. The highest BCUT2D eigenvalue weighted by Crippen LogP contribution is 2.34. The third kappa shape index (κ3) is 5.70. The Labute approximate surface area is 125 Å². The standard InChI is InChI=1S/C15H32N2O2S/c1-5-9-16-10-6-13-20(18,19)17-11-7-14(8-12-17)15(2,3)4/h14,16H,5-13H2,1-4H3. The molecule has 0 radical (unpaired) electrons. The minimum absolute atomic E-state index is 0.282. The molecule has 0 aromatic carbocycles. The number of nitrogens with one attached hydrogen (secondary N) is 1. The molecule has 4 nitrogen and oxygen atoms in total. The van der Waals surface area contributed by atoms with Crippen LogP contribution in [0.15, 0.2) is 0 Å². The van der Waals surface area contributed by atoms with Crippen LogP contribution < -0.4 is 5.32 Å². The van der Waals surface area contributed by atoms with Crippen LogP contribution in [0.1, 0.15) is 53.4 Å². The second-order valence-corrected chi connectivity index (χ2v) is 9.05. The lowest BCUT2D eigenvalue weighted by Crippen LogP contribution is -2.42. The highest BCUT2D eigenvalue weighted by molar-refractivity contribution is 7.89. The normalized spacial score (nSPS) is 19.4. The van der Waals surface area contributed by atoms with Crippen LogP contribution in [0.25, 0.3) is 0 Å². The fraction of sp³-hybridized carbons (Fsp3) is 1.00.